The molecule has 0 bridgehead atoms. The van der Waals surface area contributed by atoms with Gasteiger partial charge in [0.2, 0.25) is 5.91 Å². The van der Waals surface area contributed by atoms with Crippen molar-refractivity contribution in [3.8, 4) is 0 Å². The lowest BCUT2D eigenvalue weighted by Crippen LogP contribution is -2.56. The van der Waals surface area contributed by atoms with Crippen molar-refractivity contribution in [1.82, 2.24) is 10.6 Å². The van der Waals surface area contributed by atoms with Crippen molar-refractivity contribution in [3.05, 3.63) is 35.9 Å². The molecule has 6 heteroatoms. The van der Waals surface area contributed by atoms with Gasteiger partial charge in [-0.1, -0.05) is 30.3 Å². The molecule has 0 unspecified atom stereocenters. The Balaban J connectivity index is 2.70. The second-order valence-corrected chi connectivity index (χ2v) is 8.09. The van der Waals surface area contributed by atoms with Crippen LogP contribution in [0.5, 0.6) is 0 Å². The molecule has 0 saturated carbocycles. The van der Waals surface area contributed by atoms with Crippen molar-refractivity contribution in [3.63, 3.8) is 0 Å². The maximum absolute atomic E-state index is 12.4. The molecule has 23 heavy (non-hydrogen) atoms. The molecular weight excluding hydrogens is 312 g/mol. The van der Waals surface area contributed by atoms with E-state index in [1.54, 1.807) is 34.6 Å². The highest BCUT2D eigenvalue weighted by atomic mass is 32.1. The Labute approximate surface area is 143 Å². The minimum atomic E-state index is -0.815. The first-order chi connectivity index (χ1) is 10.5. The Morgan fingerprint density at radius 3 is 2.17 bits per heavy atom. The number of thiol groups is 1. The molecule has 0 saturated heterocycles. The SMILES string of the molecule is CC(C)(C)OC(=O)N[C@@H](C(=O)NCc1ccccc1)C(C)(C)S. The highest BCUT2D eigenvalue weighted by molar-refractivity contribution is 7.81. The summed E-state index contributed by atoms with van der Waals surface area (Å²) < 4.78 is 4.47. The monoisotopic (exact) mass is 338 g/mol. The van der Waals surface area contributed by atoms with Crippen molar-refractivity contribution in [2.24, 2.45) is 0 Å². The van der Waals surface area contributed by atoms with Gasteiger partial charge in [-0.2, -0.15) is 12.6 Å². The number of alkyl carbamates (subject to hydrolysis) is 1. The fraction of sp³-hybridized carbons (Fsp3) is 0.529. The lowest BCUT2D eigenvalue weighted by atomic mass is 10.0. The predicted molar refractivity (Wildman–Crippen MR) is 94.5 cm³/mol. The number of amides is 2. The van der Waals surface area contributed by atoms with Crippen LogP contribution in [0.3, 0.4) is 0 Å². The Morgan fingerprint density at radius 1 is 1.13 bits per heavy atom. The summed E-state index contributed by atoms with van der Waals surface area (Å²) >= 11 is 4.42. The normalized spacial score (nSPS) is 13.1. The maximum Gasteiger partial charge on any atom is 0.408 e. The van der Waals surface area contributed by atoms with E-state index in [9.17, 15) is 9.59 Å². The van der Waals surface area contributed by atoms with Gasteiger partial charge < -0.3 is 15.4 Å². The topological polar surface area (TPSA) is 67.4 Å². The highest BCUT2D eigenvalue weighted by Gasteiger charge is 2.34. The van der Waals surface area contributed by atoms with E-state index < -0.39 is 22.5 Å². The van der Waals surface area contributed by atoms with Gasteiger partial charge in [0.25, 0.3) is 0 Å². The van der Waals surface area contributed by atoms with Gasteiger partial charge in [-0.25, -0.2) is 4.79 Å². The van der Waals surface area contributed by atoms with Crippen molar-refractivity contribution in [2.45, 2.75) is 57.6 Å². The standard InChI is InChI=1S/C17H26N2O3S/c1-16(2,3)22-15(21)19-13(17(4,5)23)14(20)18-11-12-9-7-6-8-10-12/h6-10,13,23H,11H2,1-5H3,(H,18,20)(H,19,21)/t13-/m0/s1. The van der Waals surface area contributed by atoms with E-state index in [0.29, 0.717) is 6.54 Å². The lowest BCUT2D eigenvalue weighted by Gasteiger charge is -2.30. The van der Waals surface area contributed by atoms with E-state index in [-0.39, 0.29) is 5.91 Å². The van der Waals surface area contributed by atoms with E-state index in [1.807, 2.05) is 30.3 Å². The third-order valence-electron chi connectivity index (χ3n) is 2.94. The molecule has 0 aliphatic heterocycles. The first-order valence-corrected chi connectivity index (χ1v) is 7.97. The number of nitrogens with one attached hydrogen (secondary N) is 2. The molecule has 0 aliphatic rings. The van der Waals surface area contributed by atoms with Crippen LogP contribution in [0.4, 0.5) is 4.79 Å². The number of hydrogen-bond acceptors (Lipinski definition) is 4. The summed E-state index contributed by atoms with van der Waals surface area (Å²) in [5, 5.41) is 5.42. The van der Waals surface area contributed by atoms with Crippen LogP contribution >= 0.6 is 12.6 Å². The molecule has 2 amide bonds. The van der Waals surface area contributed by atoms with E-state index in [1.165, 1.54) is 0 Å². The summed E-state index contributed by atoms with van der Waals surface area (Å²) in [6.07, 6.45) is -0.639. The van der Waals surface area contributed by atoms with E-state index >= 15 is 0 Å². The predicted octanol–water partition coefficient (Wildman–Crippen LogP) is 2.90. The van der Waals surface area contributed by atoms with Crippen molar-refractivity contribution < 1.29 is 14.3 Å². The van der Waals surface area contributed by atoms with Crippen LogP contribution in [0.1, 0.15) is 40.2 Å². The average Bonchev–Trinajstić information content (AvgIpc) is 2.40. The first kappa shape index (κ1) is 19.4. The molecule has 0 radical (unpaired) electrons. The quantitative estimate of drug-likeness (QED) is 0.723. The minimum Gasteiger partial charge on any atom is -0.444 e. The van der Waals surface area contributed by atoms with Crippen LogP contribution in [0.15, 0.2) is 30.3 Å². The molecule has 0 aromatic heterocycles. The number of carbonyl (C=O) groups excluding carboxylic acids is 2. The van der Waals surface area contributed by atoms with E-state index in [0.717, 1.165) is 5.56 Å². The van der Waals surface area contributed by atoms with Gasteiger partial charge in [-0.05, 0) is 40.2 Å². The molecule has 2 N–H and O–H groups in total. The van der Waals surface area contributed by atoms with Crippen molar-refractivity contribution >= 4 is 24.6 Å². The highest BCUT2D eigenvalue weighted by Crippen LogP contribution is 2.19. The molecule has 1 aromatic rings. The zero-order chi connectivity index (χ0) is 17.7. The smallest absolute Gasteiger partial charge is 0.408 e. The molecule has 1 atom stereocenters. The molecule has 128 valence electrons. The molecule has 0 spiro atoms. The Bertz CT molecular complexity index is 533. The van der Waals surface area contributed by atoms with Gasteiger partial charge in [0, 0.05) is 11.3 Å². The Kier molecular flexibility index (Phi) is 6.50. The number of carbonyl (C=O) groups is 2. The summed E-state index contributed by atoms with van der Waals surface area (Å²) in [6, 6.07) is 8.74. The number of ether oxygens (including phenoxy) is 1. The van der Waals surface area contributed by atoms with Gasteiger partial charge >= 0.3 is 6.09 Å². The summed E-state index contributed by atoms with van der Waals surface area (Å²) in [5.74, 6) is -0.306. The molecular formula is C17H26N2O3S. The van der Waals surface area contributed by atoms with Crippen molar-refractivity contribution in [2.75, 3.05) is 0 Å². The fourth-order valence-corrected chi connectivity index (χ4v) is 2.06. The van der Waals surface area contributed by atoms with Crippen LogP contribution in [-0.2, 0) is 16.1 Å². The number of hydrogen-bond donors (Lipinski definition) is 3. The van der Waals surface area contributed by atoms with Crippen LogP contribution in [-0.4, -0.2) is 28.4 Å². The number of benzene rings is 1. The van der Waals surface area contributed by atoms with Gasteiger partial charge in [-0.15, -0.1) is 0 Å². The van der Waals surface area contributed by atoms with Crippen LogP contribution in [0.2, 0.25) is 0 Å². The molecule has 5 nitrogen and oxygen atoms in total. The molecule has 1 rings (SSSR count). The average molecular weight is 338 g/mol. The number of rotatable bonds is 5. The summed E-state index contributed by atoms with van der Waals surface area (Å²) in [5.41, 5.74) is 0.351. The van der Waals surface area contributed by atoms with Crippen LogP contribution < -0.4 is 10.6 Å². The van der Waals surface area contributed by atoms with Gasteiger partial charge in [-0.3, -0.25) is 4.79 Å². The van der Waals surface area contributed by atoms with E-state index in [4.69, 9.17) is 4.74 Å². The lowest BCUT2D eigenvalue weighted by molar-refractivity contribution is -0.123. The molecule has 0 aliphatic carbocycles. The summed E-state index contributed by atoms with van der Waals surface area (Å²) in [4.78, 5) is 24.4. The first-order valence-electron chi connectivity index (χ1n) is 7.52. The van der Waals surface area contributed by atoms with Crippen LogP contribution in [0.25, 0.3) is 0 Å². The van der Waals surface area contributed by atoms with Gasteiger partial charge in [0.15, 0.2) is 0 Å². The minimum absolute atomic E-state index is 0.306. The van der Waals surface area contributed by atoms with Crippen LogP contribution in [0, 0.1) is 0 Å². The Hall–Kier alpha value is -1.69. The third-order valence-corrected chi connectivity index (χ3v) is 3.20. The maximum atomic E-state index is 12.4. The largest absolute Gasteiger partial charge is 0.444 e. The van der Waals surface area contributed by atoms with Gasteiger partial charge in [0.05, 0.1) is 0 Å². The zero-order valence-electron chi connectivity index (χ0n) is 14.3. The molecule has 0 fully saturated rings. The fourth-order valence-electron chi connectivity index (χ4n) is 1.88. The second-order valence-electron chi connectivity index (χ2n) is 6.94. The molecule has 0 heterocycles. The zero-order valence-corrected chi connectivity index (χ0v) is 15.2. The third kappa shape index (κ3) is 7.41. The molecule has 1 aromatic carbocycles. The van der Waals surface area contributed by atoms with E-state index in [2.05, 4.69) is 23.3 Å². The Morgan fingerprint density at radius 2 is 1.70 bits per heavy atom. The second kappa shape index (κ2) is 7.73. The summed E-state index contributed by atoms with van der Waals surface area (Å²) in [6.45, 7) is 9.21. The van der Waals surface area contributed by atoms with Gasteiger partial charge in [0.1, 0.15) is 11.6 Å². The summed E-state index contributed by atoms with van der Waals surface area (Å²) in [7, 11) is 0. The van der Waals surface area contributed by atoms with Crippen molar-refractivity contribution in [1.29, 1.82) is 0 Å².